The van der Waals surface area contributed by atoms with Crippen molar-refractivity contribution in [1.82, 2.24) is 5.32 Å². The van der Waals surface area contributed by atoms with Crippen LogP contribution in [0.2, 0.25) is 0 Å². The van der Waals surface area contributed by atoms with Crippen LogP contribution in [-0.4, -0.2) is 31.4 Å². The van der Waals surface area contributed by atoms with Crippen LogP contribution in [0.15, 0.2) is 48.5 Å². The minimum Gasteiger partial charge on any atom is -0.497 e. The van der Waals surface area contributed by atoms with E-state index in [4.69, 9.17) is 4.74 Å². The topological polar surface area (TPSA) is 96.5 Å². The third-order valence-electron chi connectivity index (χ3n) is 4.92. The molecule has 1 aliphatic carbocycles. The molecule has 3 rings (SSSR count). The molecule has 1 saturated carbocycles. The van der Waals surface area contributed by atoms with Crippen molar-refractivity contribution in [3.63, 3.8) is 0 Å². The molecular weight excluding hydrogens is 370 g/mol. The first-order chi connectivity index (χ1) is 13.9. The SMILES string of the molecule is COc1cccc(CCNC(=O)C2(C(=O)Nc3ccc(NC(C)=O)cc3)CC2)c1. The van der Waals surface area contributed by atoms with Gasteiger partial charge in [-0.3, -0.25) is 14.4 Å². The molecule has 7 nitrogen and oxygen atoms in total. The van der Waals surface area contributed by atoms with Gasteiger partial charge in [0.25, 0.3) is 0 Å². The summed E-state index contributed by atoms with van der Waals surface area (Å²) in [5.41, 5.74) is 1.29. The van der Waals surface area contributed by atoms with Crippen molar-refractivity contribution in [1.29, 1.82) is 0 Å². The number of methoxy groups -OCH3 is 1. The molecule has 1 aliphatic rings. The lowest BCUT2D eigenvalue weighted by atomic mass is 10.0. The smallest absolute Gasteiger partial charge is 0.240 e. The lowest BCUT2D eigenvalue weighted by Gasteiger charge is -2.16. The zero-order valence-corrected chi connectivity index (χ0v) is 16.6. The Labute approximate surface area is 169 Å². The summed E-state index contributed by atoms with van der Waals surface area (Å²) < 4.78 is 5.20. The highest BCUT2D eigenvalue weighted by molar-refractivity contribution is 6.13. The second kappa shape index (κ2) is 8.77. The maximum atomic E-state index is 12.7. The van der Waals surface area contributed by atoms with Gasteiger partial charge in [0.05, 0.1) is 7.11 Å². The van der Waals surface area contributed by atoms with Gasteiger partial charge in [-0.1, -0.05) is 12.1 Å². The Balaban J connectivity index is 1.52. The van der Waals surface area contributed by atoms with Gasteiger partial charge in [0.2, 0.25) is 17.7 Å². The molecule has 0 spiro atoms. The van der Waals surface area contributed by atoms with Crippen molar-refractivity contribution in [2.75, 3.05) is 24.3 Å². The second-order valence-electron chi connectivity index (χ2n) is 7.15. The molecule has 2 aromatic carbocycles. The maximum Gasteiger partial charge on any atom is 0.240 e. The van der Waals surface area contributed by atoms with E-state index in [1.165, 1.54) is 6.92 Å². The van der Waals surface area contributed by atoms with Crippen LogP contribution in [-0.2, 0) is 20.8 Å². The molecule has 1 fully saturated rings. The number of nitrogens with one attached hydrogen (secondary N) is 3. The highest BCUT2D eigenvalue weighted by Gasteiger charge is 2.56. The van der Waals surface area contributed by atoms with E-state index in [2.05, 4.69) is 16.0 Å². The Hall–Kier alpha value is -3.35. The summed E-state index contributed by atoms with van der Waals surface area (Å²) in [5, 5.41) is 8.35. The normalized spacial score (nSPS) is 13.9. The molecule has 29 heavy (non-hydrogen) atoms. The van der Waals surface area contributed by atoms with Crippen LogP contribution in [0, 0.1) is 5.41 Å². The highest BCUT2D eigenvalue weighted by Crippen LogP contribution is 2.46. The van der Waals surface area contributed by atoms with Crippen LogP contribution < -0.4 is 20.7 Å². The van der Waals surface area contributed by atoms with Gasteiger partial charge >= 0.3 is 0 Å². The molecule has 3 amide bonds. The van der Waals surface area contributed by atoms with Gasteiger partial charge in [-0.2, -0.15) is 0 Å². The first-order valence-electron chi connectivity index (χ1n) is 9.53. The molecule has 0 atom stereocenters. The molecular formula is C22H25N3O4. The molecule has 152 valence electrons. The van der Waals surface area contributed by atoms with Gasteiger partial charge in [-0.25, -0.2) is 0 Å². The van der Waals surface area contributed by atoms with E-state index in [0.717, 1.165) is 11.3 Å². The van der Waals surface area contributed by atoms with Crippen molar-refractivity contribution in [2.24, 2.45) is 5.41 Å². The number of carbonyl (C=O) groups is 3. The molecule has 0 unspecified atom stereocenters. The lowest BCUT2D eigenvalue weighted by molar-refractivity contribution is -0.134. The summed E-state index contributed by atoms with van der Waals surface area (Å²) in [4.78, 5) is 36.3. The van der Waals surface area contributed by atoms with Crippen LogP contribution in [0.3, 0.4) is 0 Å². The number of ether oxygens (including phenoxy) is 1. The van der Waals surface area contributed by atoms with E-state index < -0.39 is 5.41 Å². The number of amides is 3. The summed E-state index contributed by atoms with van der Waals surface area (Å²) in [6.45, 7) is 1.88. The molecule has 3 N–H and O–H groups in total. The molecule has 0 radical (unpaired) electrons. The van der Waals surface area contributed by atoms with Crippen molar-refractivity contribution in [3.05, 3.63) is 54.1 Å². The Kier molecular flexibility index (Phi) is 6.16. The predicted molar refractivity (Wildman–Crippen MR) is 111 cm³/mol. The highest BCUT2D eigenvalue weighted by atomic mass is 16.5. The number of hydrogen-bond acceptors (Lipinski definition) is 4. The number of benzene rings is 2. The number of anilines is 2. The van der Waals surface area contributed by atoms with Gasteiger partial charge < -0.3 is 20.7 Å². The Morgan fingerprint density at radius 2 is 1.62 bits per heavy atom. The summed E-state index contributed by atoms with van der Waals surface area (Å²) >= 11 is 0. The summed E-state index contributed by atoms with van der Waals surface area (Å²) in [7, 11) is 1.61. The van der Waals surface area contributed by atoms with Gasteiger partial charge in [-0.15, -0.1) is 0 Å². The minimum atomic E-state index is -0.995. The third kappa shape index (κ3) is 5.13. The van der Waals surface area contributed by atoms with E-state index in [1.54, 1.807) is 31.4 Å². The van der Waals surface area contributed by atoms with E-state index in [0.29, 0.717) is 37.2 Å². The van der Waals surface area contributed by atoms with Gasteiger partial charge in [-0.05, 0) is 61.2 Å². The Morgan fingerprint density at radius 3 is 2.21 bits per heavy atom. The maximum absolute atomic E-state index is 12.7. The molecule has 2 aromatic rings. The quantitative estimate of drug-likeness (QED) is 0.599. The van der Waals surface area contributed by atoms with Crippen LogP contribution in [0.5, 0.6) is 5.75 Å². The number of carbonyl (C=O) groups excluding carboxylic acids is 3. The largest absolute Gasteiger partial charge is 0.497 e. The van der Waals surface area contributed by atoms with Gasteiger partial charge in [0.1, 0.15) is 11.2 Å². The van der Waals surface area contributed by atoms with Crippen LogP contribution in [0.4, 0.5) is 11.4 Å². The van der Waals surface area contributed by atoms with Crippen molar-refractivity contribution in [3.8, 4) is 5.75 Å². The van der Waals surface area contributed by atoms with E-state index in [1.807, 2.05) is 24.3 Å². The standard InChI is InChI=1S/C22H25N3O4/c1-15(26)24-17-6-8-18(9-7-17)25-21(28)22(11-12-22)20(27)23-13-10-16-4-3-5-19(14-16)29-2/h3-9,14H,10-13H2,1-2H3,(H,23,27)(H,24,26)(H,25,28). The van der Waals surface area contributed by atoms with E-state index in [-0.39, 0.29) is 17.7 Å². The fraction of sp³-hybridized carbons (Fsp3) is 0.318. The van der Waals surface area contributed by atoms with Crippen molar-refractivity contribution < 1.29 is 19.1 Å². The van der Waals surface area contributed by atoms with E-state index in [9.17, 15) is 14.4 Å². The molecule has 0 saturated heterocycles. The Bertz CT molecular complexity index is 905. The van der Waals surface area contributed by atoms with Gasteiger partial charge in [0.15, 0.2) is 0 Å². The van der Waals surface area contributed by atoms with Crippen LogP contribution in [0.1, 0.15) is 25.3 Å². The summed E-state index contributed by atoms with van der Waals surface area (Å²) in [6.07, 6.45) is 1.73. The van der Waals surface area contributed by atoms with Crippen molar-refractivity contribution >= 4 is 29.1 Å². The number of rotatable bonds is 8. The minimum absolute atomic E-state index is 0.163. The average molecular weight is 395 g/mol. The predicted octanol–water partition coefficient (Wildman–Crippen LogP) is 2.73. The van der Waals surface area contributed by atoms with E-state index >= 15 is 0 Å². The molecule has 0 aliphatic heterocycles. The van der Waals surface area contributed by atoms with Gasteiger partial charge in [0, 0.05) is 24.8 Å². The zero-order chi connectivity index (χ0) is 20.9. The first-order valence-corrected chi connectivity index (χ1v) is 9.53. The average Bonchev–Trinajstić information content (AvgIpc) is 3.51. The fourth-order valence-corrected chi connectivity index (χ4v) is 3.09. The molecule has 7 heteroatoms. The Morgan fingerprint density at radius 1 is 0.966 bits per heavy atom. The fourth-order valence-electron chi connectivity index (χ4n) is 3.09. The molecule has 0 bridgehead atoms. The first kappa shape index (κ1) is 20.4. The molecule has 0 heterocycles. The lowest BCUT2D eigenvalue weighted by Crippen LogP contribution is -2.40. The zero-order valence-electron chi connectivity index (χ0n) is 16.6. The summed E-state index contributed by atoms with van der Waals surface area (Å²) in [6, 6.07) is 14.5. The van der Waals surface area contributed by atoms with Crippen LogP contribution >= 0.6 is 0 Å². The molecule has 0 aromatic heterocycles. The van der Waals surface area contributed by atoms with Crippen molar-refractivity contribution in [2.45, 2.75) is 26.2 Å². The monoisotopic (exact) mass is 395 g/mol. The third-order valence-corrected chi connectivity index (χ3v) is 4.92. The second-order valence-corrected chi connectivity index (χ2v) is 7.15. The van der Waals surface area contributed by atoms with Crippen LogP contribution in [0.25, 0.3) is 0 Å². The summed E-state index contributed by atoms with van der Waals surface area (Å²) in [5.74, 6) is 0.0668. The number of hydrogen-bond donors (Lipinski definition) is 3.